The van der Waals surface area contributed by atoms with Crippen molar-refractivity contribution in [1.29, 1.82) is 0 Å². The fourth-order valence-corrected chi connectivity index (χ4v) is 2.19. The molecule has 0 saturated heterocycles. The Hall–Kier alpha value is -1.91. The summed E-state index contributed by atoms with van der Waals surface area (Å²) < 4.78 is 5.09. The third-order valence-electron chi connectivity index (χ3n) is 3.08. The Balaban J connectivity index is 2.01. The van der Waals surface area contributed by atoms with E-state index in [9.17, 15) is 4.79 Å². The third kappa shape index (κ3) is 4.06. The van der Waals surface area contributed by atoms with Crippen LogP contribution in [0.3, 0.4) is 0 Å². The van der Waals surface area contributed by atoms with E-state index < -0.39 is 6.04 Å². The largest absolute Gasteiger partial charge is 0.497 e. The molecule has 0 heterocycles. The van der Waals surface area contributed by atoms with Gasteiger partial charge < -0.3 is 15.4 Å². The van der Waals surface area contributed by atoms with E-state index in [0.717, 1.165) is 11.4 Å². The summed E-state index contributed by atoms with van der Waals surface area (Å²) in [4.78, 5) is 12.2. The monoisotopic (exact) mass is 338 g/mol. The van der Waals surface area contributed by atoms with Crippen molar-refractivity contribution in [2.75, 3.05) is 17.7 Å². The summed E-state index contributed by atoms with van der Waals surface area (Å²) in [7, 11) is 1.60. The van der Waals surface area contributed by atoms with E-state index in [2.05, 4.69) is 10.6 Å². The van der Waals surface area contributed by atoms with Gasteiger partial charge in [-0.3, -0.25) is 4.79 Å². The zero-order chi connectivity index (χ0) is 16.1. The predicted molar refractivity (Wildman–Crippen MR) is 91.2 cm³/mol. The number of amides is 1. The minimum Gasteiger partial charge on any atom is -0.497 e. The zero-order valence-electron chi connectivity index (χ0n) is 12.2. The van der Waals surface area contributed by atoms with Gasteiger partial charge in [0.2, 0.25) is 5.91 Å². The van der Waals surface area contributed by atoms with E-state index in [4.69, 9.17) is 27.9 Å². The Bertz CT molecular complexity index is 660. The number of hydrogen-bond donors (Lipinski definition) is 2. The molecule has 116 valence electrons. The topological polar surface area (TPSA) is 50.4 Å². The summed E-state index contributed by atoms with van der Waals surface area (Å²) in [5.74, 6) is 0.549. The van der Waals surface area contributed by atoms with E-state index >= 15 is 0 Å². The molecular weight excluding hydrogens is 323 g/mol. The second kappa shape index (κ2) is 7.38. The lowest BCUT2D eigenvalue weighted by Gasteiger charge is -2.16. The van der Waals surface area contributed by atoms with Gasteiger partial charge in [0.25, 0.3) is 0 Å². The lowest BCUT2D eigenvalue weighted by Crippen LogP contribution is -2.31. The Labute approximate surface area is 139 Å². The van der Waals surface area contributed by atoms with E-state index in [1.807, 2.05) is 24.3 Å². The molecule has 2 rings (SSSR count). The van der Waals surface area contributed by atoms with Crippen molar-refractivity contribution in [3.63, 3.8) is 0 Å². The van der Waals surface area contributed by atoms with Crippen LogP contribution in [0.15, 0.2) is 42.5 Å². The predicted octanol–water partition coefficient (Wildman–Crippen LogP) is 4.44. The third-order valence-corrected chi connectivity index (χ3v) is 3.89. The Morgan fingerprint density at radius 2 is 1.82 bits per heavy atom. The summed E-state index contributed by atoms with van der Waals surface area (Å²) in [6.07, 6.45) is 0. The van der Waals surface area contributed by atoms with Gasteiger partial charge in [-0.25, -0.2) is 0 Å². The van der Waals surface area contributed by atoms with Crippen molar-refractivity contribution in [3.05, 3.63) is 52.5 Å². The van der Waals surface area contributed by atoms with E-state index in [0.29, 0.717) is 15.7 Å². The van der Waals surface area contributed by atoms with Crippen LogP contribution in [0.5, 0.6) is 5.75 Å². The molecule has 2 aromatic rings. The minimum absolute atomic E-state index is 0.208. The Morgan fingerprint density at radius 3 is 2.45 bits per heavy atom. The van der Waals surface area contributed by atoms with Crippen LogP contribution in [0.4, 0.5) is 11.4 Å². The summed E-state index contributed by atoms with van der Waals surface area (Å²) in [6.45, 7) is 1.76. The first-order chi connectivity index (χ1) is 10.5. The molecule has 4 nitrogen and oxygen atoms in total. The molecule has 0 radical (unpaired) electrons. The summed E-state index contributed by atoms with van der Waals surface area (Å²) >= 11 is 12.0. The first-order valence-electron chi connectivity index (χ1n) is 6.66. The highest BCUT2D eigenvalue weighted by Crippen LogP contribution is 2.29. The van der Waals surface area contributed by atoms with Crippen LogP contribution in [0.2, 0.25) is 10.0 Å². The van der Waals surface area contributed by atoms with Crippen molar-refractivity contribution >= 4 is 40.5 Å². The van der Waals surface area contributed by atoms with Gasteiger partial charge in [-0.05, 0) is 43.3 Å². The number of nitrogens with one attached hydrogen (secondary N) is 2. The van der Waals surface area contributed by atoms with Crippen LogP contribution in [0.1, 0.15) is 6.92 Å². The van der Waals surface area contributed by atoms with Gasteiger partial charge >= 0.3 is 0 Å². The van der Waals surface area contributed by atoms with Gasteiger partial charge in [-0.2, -0.15) is 0 Å². The molecule has 0 aliphatic heterocycles. The van der Waals surface area contributed by atoms with Crippen molar-refractivity contribution in [2.45, 2.75) is 13.0 Å². The van der Waals surface area contributed by atoms with Gasteiger partial charge in [0, 0.05) is 5.69 Å². The Kier molecular flexibility index (Phi) is 5.52. The van der Waals surface area contributed by atoms with Gasteiger partial charge in [0.05, 0.1) is 22.8 Å². The maximum absolute atomic E-state index is 12.2. The number of anilines is 2. The maximum Gasteiger partial charge on any atom is 0.246 e. The SMILES string of the molecule is COc1ccc(NC(C)C(=O)Nc2cccc(Cl)c2Cl)cc1. The van der Waals surface area contributed by atoms with E-state index in [-0.39, 0.29) is 5.91 Å². The first-order valence-corrected chi connectivity index (χ1v) is 7.42. The molecule has 0 saturated carbocycles. The number of carbonyl (C=O) groups excluding carboxylic acids is 1. The maximum atomic E-state index is 12.2. The standard InChI is InChI=1S/C16H16Cl2N2O2/c1-10(19-11-6-8-12(22-2)9-7-11)16(21)20-14-5-3-4-13(17)15(14)18/h3-10,19H,1-2H3,(H,20,21). The van der Waals surface area contributed by atoms with E-state index in [1.54, 1.807) is 32.2 Å². The quantitative estimate of drug-likeness (QED) is 0.847. The molecule has 0 aromatic heterocycles. The van der Waals surface area contributed by atoms with Gasteiger partial charge in [0.15, 0.2) is 0 Å². The lowest BCUT2D eigenvalue weighted by molar-refractivity contribution is -0.116. The van der Waals surface area contributed by atoms with Crippen LogP contribution >= 0.6 is 23.2 Å². The van der Waals surface area contributed by atoms with Crippen LogP contribution < -0.4 is 15.4 Å². The number of hydrogen-bond acceptors (Lipinski definition) is 3. The molecule has 0 aliphatic carbocycles. The van der Waals surface area contributed by atoms with Crippen molar-refractivity contribution in [3.8, 4) is 5.75 Å². The second-order valence-electron chi connectivity index (χ2n) is 4.69. The number of benzene rings is 2. The van der Waals surface area contributed by atoms with Gasteiger partial charge in [0.1, 0.15) is 11.8 Å². The molecule has 1 atom stereocenters. The highest BCUT2D eigenvalue weighted by atomic mass is 35.5. The molecule has 0 aliphatic rings. The average molecular weight is 339 g/mol. The van der Waals surface area contributed by atoms with Gasteiger partial charge in [-0.15, -0.1) is 0 Å². The molecule has 2 N–H and O–H groups in total. The van der Waals surface area contributed by atoms with Crippen LogP contribution in [-0.4, -0.2) is 19.1 Å². The number of carbonyl (C=O) groups is 1. The van der Waals surface area contributed by atoms with Crippen molar-refractivity contribution in [2.24, 2.45) is 0 Å². The van der Waals surface area contributed by atoms with Crippen molar-refractivity contribution < 1.29 is 9.53 Å². The van der Waals surface area contributed by atoms with Crippen molar-refractivity contribution in [1.82, 2.24) is 0 Å². The normalized spacial score (nSPS) is 11.6. The molecule has 1 unspecified atom stereocenters. The molecular formula is C16H16Cl2N2O2. The highest BCUT2D eigenvalue weighted by molar-refractivity contribution is 6.44. The number of ether oxygens (including phenoxy) is 1. The fraction of sp³-hybridized carbons (Fsp3) is 0.188. The average Bonchev–Trinajstić information content (AvgIpc) is 2.52. The van der Waals surface area contributed by atoms with Crippen LogP contribution in [0.25, 0.3) is 0 Å². The number of rotatable bonds is 5. The highest BCUT2D eigenvalue weighted by Gasteiger charge is 2.15. The molecule has 22 heavy (non-hydrogen) atoms. The molecule has 6 heteroatoms. The molecule has 1 amide bonds. The fourth-order valence-electron chi connectivity index (χ4n) is 1.84. The summed E-state index contributed by atoms with van der Waals surface area (Å²) in [6, 6.07) is 12.0. The smallest absolute Gasteiger partial charge is 0.246 e. The first kappa shape index (κ1) is 16.5. The molecule has 0 spiro atoms. The van der Waals surface area contributed by atoms with Gasteiger partial charge in [-0.1, -0.05) is 29.3 Å². The number of halogens is 2. The Morgan fingerprint density at radius 1 is 1.14 bits per heavy atom. The van der Waals surface area contributed by atoms with Crippen LogP contribution in [-0.2, 0) is 4.79 Å². The number of methoxy groups -OCH3 is 1. The van der Waals surface area contributed by atoms with E-state index in [1.165, 1.54) is 0 Å². The zero-order valence-corrected chi connectivity index (χ0v) is 13.7. The molecule has 0 bridgehead atoms. The summed E-state index contributed by atoms with van der Waals surface area (Å²) in [5.41, 5.74) is 1.31. The second-order valence-corrected chi connectivity index (χ2v) is 5.47. The summed E-state index contributed by atoms with van der Waals surface area (Å²) in [5, 5.41) is 6.58. The van der Waals surface area contributed by atoms with Crippen LogP contribution in [0, 0.1) is 0 Å². The minimum atomic E-state index is -0.441. The lowest BCUT2D eigenvalue weighted by atomic mass is 10.2. The molecule has 2 aromatic carbocycles. The molecule has 0 fully saturated rings.